The molecule has 4 heterocycles. The fourth-order valence-electron chi connectivity index (χ4n) is 10.1. The maximum Gasteiger partial charge on any atom is 0.408 e. The zero-order valence-corrected chi connectivity index (χ0v) is 34.9. The van der Waals surface area contributed by atoms with Gasteiger partial charge in [0.15, 0.2) is 11.5 Å². The molecule has 16 heteroatoms. The van der Waals surface area contributed by atoms with Crippen molar-refractivity contribution >= 4 is 44.6 Å². The minimum Gasteiger partial charge on any atom is -0.486 e. The highest BCUT2D eigenvalue weighted by atomic mass is 32.2. The van der Waals surface area contributed by atoms with Gasteiger partial charge in [0.05, 0.1) is 11.3 Å². The predicted octanol–water partition coefficient (Wildman–Crippen LogP) is 4.38. The molecule has 15 nitrogen and oxygen atoms in total. The number of aromatic nitrogens is 1. The van der Waals surface area contributed by atoms with E-state index in [0.29, 0.717) is 73.5 Å². The highest BCUT2D eigenvalue weighted by molar-refractivity contribution is 7.91. The predicted molar refractivity (Wildman–Crippen MR) is 215 cm³/mol. The molecular weight excluding hydrogens is 779 g/mol. The molecule has 0 bridgehead atoms. The van der Waals surface area contributed by atoms with Crippen LogP contribution in [0, 0.1) is 35.5 Å². The summed E-state index contributed by atoms with van der Waals surface area (Å²) in [5, 5.41) is 7.26. The lowest BCUT2D eigenvalue weighted by molar-refractivity contribution is -0.142. The second-order valence-corrected chi connectivity index (χ2v) is 20.8. The van der Waals surface area contributed by atoms with Crippen LogP contribution in [0.4, 0.5) is 4.79 Å². The SMILES string of the molecule is CC1[C@H]2CC(OC(=O)N[C@@H]3C(=O)N4C[C@H](Oc5nccc6c7c(ccc56)OCCO7)C[C@H]4C(=O)N[C@]4(C(=O)NS(=O)(=O)C5(C)CC5)C[C@H]4/C=C\CC[C@H](C)C[C@H]3C)C[C@@H]12. The maximum atomic E-state index is 15.0. The van der Waals surface area contributed by atoms with E-state index in [9.17, 15) is 27.6 Å². The lowest BCUT2D eigenvalue weighted by Crippen LogP contribution is -2.59. The Morgan fingerprint density at radius 2 is 1.75 bits per heavy atom. The van der Waals surface area contributed by atoms with Gasteiger partial charge in [0.2, 0.25) is 27.7 Å². The smallest absolute Gasteiger partial charge is 0.408 e. The normalized spacial score (nSPS) is 36.4. The van der Waals surface area contributed by atoms with Gasteiger partial charge in [-0.15, -0.1) is 0 Å². The number of amides is 4. The van der Waals surface area contributed by atoms with Gasteiger partial charge < -0.3 is 34.5 Å². The second-order valence-electron chi connectivity index (χ2n) is 18.6. The topological polar surface area (TPSA) is 192 Å². The molecule has 1 saturated heterocycles. The van der Waals surface area contributed by atoms with E-state index < -0.39 is 68.2 Å². The van der Waals surface area contributed by atoms with E-state index in [1.54, 1.807) is 19.2 Å². The van der Waals surface area contributed by atoms with Crippen molar-refractivity contribution in [1.82, 2.24) is 25.2 Å². The van der Waals surface area contributed by atoms with Crippen molar-refractivity contribution in [2.75, 3.05) is 19.8 Å². The Morgan fingerprint density at radius 1 is 0.983 bits per heavy atom. The summed E-state index contributed by atoms with van der Waals surface area (Å²) in [6.07, 6.45) is 8.70. The van der Waals surface area contributed by atoms with E-state index in [1.165, 1.54) is 4.90 Å². The molecule has 3 N–H and O–H groups in total. The van der Waals surface area contributed by atoms with E-state index in [-0.39, 0.29) is 43.2 Å². The van der Waals surface area contributed by atoms with Crippen molar-refractivity contribution in [3.63, 3.8) is 0 Å². The Balaban J connectivity index is 1.02. The van der Waals surface area contributed by atoms with E-state index in [4.69, 9.17) is 18.9 Å². The standard InChI is InChI=1S/C43H55N5O10S/c1-23-7-5-6-8-26-21-43(26,40(51)47-59(53,54)42(4)12-13-42)46-37(49)33-20-28(57-38-30-9-10-34-36(56-16-15-55-34)29(30)11-14-44-38)22-48(33)39(50)35(24(2)17-23)45-41(52)58-27-18-31-25(3)32(31)19-27/h6,8-11,14,23-28,31-33,35H,5,7,12-13,15-22H2,1-4H3,(H,45,52)(H,46,49)(H,47,51)/b8-6-/t23-,24+,25?,26+,27?,28+,31-,32+,33-,35-,43+/m0/s1. The molecule has 0 radical (unpaired) electrons. The Labute approximate surface area is 344 Å². The fourth-order valence-corrected chi connectivity index (χ4v) is 11.4. The lowest BCUT2D eigenvalue weighted by atomic mass is 9.88. The van der Waals surface area contributed by atoms with E-state index in [1.807, 2.05) is 31.2 Å². The first-order valence-corrected chi connectivity index (χ1v) is 22.8. The maximum absolute atomic E-state index is 15.0. The fraction of sp³-hybridized carbons (Fsp3) is 0.651. The van der Waals surface area contributed by atoms with Gasteiger partial charge in [0, 0.05) is 29.3 Å². The summed E-state index contributed by atoms with van der Waals surface area (Å²) in [5.41, 5.74) is -1.53. The number of sulfonamides is 1. The zero-order chi connectivity index (χ0) is 41.4. The van der Waals surface area contributed by atoms with Gasteiger partial charge in [0.25, 0.3) is 5.91 Å². The third-order valence-corrected chi connectivity index (χ3v) is 16.5. The summed E-state index contributed by atoms with van der Waals surface area (Å²) < 4.78 is 51.9. The van der Waals surface area contributed by atoms with Gasteiger partial charge in [-0.2, -0.15) is 0 Å². The highest BCUT2D eigenvalue weighted by Crippen LogP contribution is 2.58. The highest BCUT2D eigenvalue weighted by Gasteiger charge is 2.63. The number of rotatable bonds is 7. The van der Waals surface area contributed by atoms with Gasteiger partial charge in [-0.25, -0.2) is 18.2 Å². The molecule has 1 aromatic heterocycles. The largest absolute Gasteiger partial charge is 0.486 e. The Morgan fingerprint density at radius 3 is 2.51 bits per heavy atom. The van der Waals surface area contributed by atoms with Crippen molar-refractivity contribution < 1.29 is 46.5 Å². The first kappa shape index (κ1) is 39.8. The van der Waals surface area contributed by atoms with Gasteiger partial charge in [0.1, 0.15) is 43.0 Å². The number of fused-ring (bicyclic) bond motifs is 6. The van der Waals surface area contributed by atoms with Crippen molar-refractivity contribution in [3.05, 3.63) is 36.5 Å². The summed E-state index contributed by atoms with van der Waals surface area (Å²) >= 11 is 0. The number of allylic oxidation sites excluding steroid dienone is 1. The molecular formula is C43H55N5O10S. The molecule has 318 valence electrons. The molecule has 4 amide bonds. The number of alkyl carbamates (subject to hydrolysis) is 1. The Hall–Kier alpha value is -4.60. The van der Waals surface area contributed by atoms with E-state index in [2.05, 4.69) is 34.2 Å². The molecule has 4 aliphatic carbocycles. The van der Waals surface area contributed by atoms with Crippen LogP contribution in [-0.2, 0) is 29.1 Å². The van der Waals surface area contributed by atoms with Crippen molar-refractivity contribution in [2.45, 2.75) is 120 Å². The minimum absolute atomic E-state index is 0.0197. The Bertz CT molecular complexity index is 2180. The first-order chi connectivity index (χ1) is 28.2. The number of hydrogen-bond acceptors (Lipinski definition) is 11. The molecule has 59 heavy (non-hydrogen) atoms. The average molecular weight is 834 g/mol. The van der Waals surface area contributed by atoms with Crippen molar-refractivity contribution in [2.24, 2.45) is 35.5 Å². The van der Waals surface area contributed by atoms with Crippen LogP contribution in [0.5, 0.6) is 17.4 Å². The number of nitrogens with zero attached hydrogens (tertiary/aromatic N) is 2. The number of ether oxygens (including phenoxy) is 4. The van der Waals surface area contributed by atoms with Crippen LogP contribution in [0.15, 0.2) is 36.5 Å². The number of benzene rings is 1. The third-order valence-electron chi connectivity index (χ3n) is 14.3. The van der Waals surface area contributed by atoms with Crippen LogP contribution in [0.1, 0.15) is 85.5 Å². The number of carbonyl (C=O) groups is 4. The van der Waals surface area contributed by atoms with Crippen LogP contribution in [0.25, 0.3) is 10.8 Å². The summed E-state index contributed by atoms with van der Waals surface area (Å²) in [7, 11) is -4.00. The first-order valence-electron chi connectivity index (χ1n) is 21.3. The summed E-state index contributed by atoms with van der Waals surface area (Å²) in [6.45, 7) is 8.66. The molecule has 3 aliphatic heterocycles. The summed E-state index contributed by atoms with van der Waals surface area (Å²) in [5.74, 6) is 0.767. The van der Waals surface area contributed by atoms with Gasteiger partial charge >= 0.3 is 6.09 Å². The van der Waals surface area contributed by atoms with E-state index >= 15 is 0 Å². The van der Waals surface area contributed by atoms with Gasteiger partial charge in [-0.05, 0) is 106 Å². The quantitative estimate of drug-likeness (QED) is 0.336. The molecule has 4 saturated carbocycles. The number of hydrogen-bond donors (Lipinski definition) is 3. The third kappa shape index (κ3) is 7.47. The zero-order valence-electron chi connectivity index (χ0n) is 34.1. The summed E-state index contributed by atoms with van der Waals surface area (Å²) in [6, 6.07) is 3.29. The molecule has 2 aromatic rings. The lowest BCUT2D eigenvalue weighted by Gasteiger charge is -2.33. The minimum atomic E-state index is -4.00. The Kier molecular flexibility index (Phi) is 10.0. The van der Waals surface area contributed by atoms with Crippen LogP contribution in [0.3, 0.4) is 0 Å². The summed E-state index contributed by atoms with van der Waals surface area (Å²) in [4.78, 5) is 63.2. The molecule has 9 rings (SSSR count). The molecule has 0 spiro atoms. The average Bonchev–Trinajstić information content (AvgIpc) is 4.13. The second kappa shape index (κ2) is 14.8. The van der Waals surface area contributed by atoms with Crippen LogP contribution in [0.2, 0.25) is 0 Å². The van der Waals surface area contributed by atoms with Gasteiger partial charge in [-0.3, -0.25) is 19.1 Å². The molecule has 5 fully saturated rings. The van der Waals surface area contributed by atoms with Crippen molar-refractivity contribution in [1.29, 1.82) is 0 Å². The monoisotopic (exact) mass is 833 g/mol. The number of nitrogens with one attached hydrogen (secondary N) is 3. The molecule has 7 aliphatic rings. The van der Waals surface area contributed by atoms with Crippen LogP contribution >= 0.6 is 0 Å². The molecule has 1 aromatic carbocycles. The number of pyridine rings is 1. The van der Waals surface area contributed by atoms with Crippen LogP contribution in [-0.4, -0.2) is 96.5 Å². The van der Waals surface area contributed by atoms with Crippen molar-refractivity contribution in [3.8, 4) is 17.4 Å². The van der Waals surface area contributed by atoms with Gasteiger partial charge in [-0.1, -0.05) is 32.9 Å². The van der Waals surface area contributed by atoms with E-state index in [0.717, 1.165) is 24.6 Å². The molecule has 2 unspecified atom stereocenters. The number of carbonyl (C=O) groups excluding carboxylic acids is 4. The molecule has 11 atom stereocenters. The van der Waals surface area contributed by atoms with Crippen LogP contribution < -0.4 is 29.6 Å².